The van der Waals surface area contributed by atoms with Crippen LogP contribution in [0.25, 0.3) is 22.4 Å². The van der Waals surface area contributed by atoms with Crippen molar-refractivity contribution in [3.8, 4) is 17.0 Å². The normalized spacial score (nSPS) is 16.0. The number of aromatic amines is 1. The largest absolute Gasteiger partial charge is 0.497 e. The molecule has 9 nitrogen and oxygen atoms in total. The van der Waals surface area contributed by atoms with Crippen LogP contribution in [0.2, 0.25) is 0 Å². The van der Waals surface area contributed by atoms with Gasteiger partial charge in [0.2, 0.25) is 5.95 Å². The van der Waals surface area contributed by atoms with Crippen molar-refractivity contribution in [1.82, 2.24) is 24.8 Å². The molecule has 0 radical (unpaired) electrons. The maximum atomic E-state index is 12.5. The van der Waals surface area contributed by atoms with E-state index in [2.05, 4.69) is 20.9 Å². The molecule has 0 bridgehead atoms. The number of ether oxygens (including phenoxy) is 2. The van der Waals surface area contributed by atoms with Gasteiger partial charge in [0.1, 0.15) is 30.4 Å². The van der Waals surface area contributed by atoms with Crippen LogP contribution >= 0.6 is 0 Å². The number of amides is 1. The third kappa shape index (κ3) is 4.01. The van der Waals surface area contributed by atoms with Gasteiger partial charge in [-0.3, -0.25) is 0 Å². The number of carbonyl (C=O) groups excluding carboxylic acids is 1. The average Bonchev–Trinajstić information content (AvgIpc) is 3.46. The van der Waals surface area contributed by atoms with Crippen molar-refractivity contribution >= 4 is 36.5 Å². The number of fused-ring (bicyclic) bond motifs is 1. The van der Waals surface area contributed by atoms with Crippen molar-refractivity contribution in [2.24, 2.45) is 0 Å². The lowest BCUT2D eigenvalue weighted by Gasteiger charge is -2.26. The number of nitrogens with one attached hydrogen (secondary N) is 1. The number of benzene rings is 1. The van der Waals surface area contributed by atoms with Gasteiger partial charge in [0.25, 0.3) is 0 Å². The lowest BCUT2D eigenvalue weighted by atomic mass is 9.92. The molecule has 2 aliphatic rings. The molecule has 10 heteroatoms. The number of rotatable bonds is 3. The van der Waals surface area contributed by atoms with Gasteiger partial charge in [0.05, 0.1) is 13.4 Å². The first-order chi connectivity index (χ1) is 15.7. The number of aromatic nitrogens is 4. The first-order valence-corrected chi connectivity index (χ1v) is 11.0. The zero-order valence-corrected chi connectivity index (χ0v) is 19.6. The van der Waals surface area contributed by atoms with Crippen LogP contribution in [0.3, 0.4) is 0 Å². The fourth-order valence-electron chi connectivity index (χ4n) is 4.37. The fourth-order valence-corrected chi connectivity index (χ4v) is 4.37. The topological polar surface area (TPSA) is 96.5 Å². The van der Waals surface area contributed by atoms with Crippen LogP contribution in [0, 0.1) is 0 Å². The van der Waals surface area contributed by atoms with Crippen molar-refractivity contribution in [3.05, 3.63) is 35.7 Å². The van der Waals surface area contributed by atoms with Gasteiger partial charge in [-0.1, -0.05) is 6.07 Å². The third-order valence-electron chi connectivity index (χ3n) is 5.90. The summed E-state index contributed by atoms with van der Waals surface area (Å²) < 4.78 is 10.9. The highest BCUT2D eigenvalue weighted by Gasteiger charge is 2.35. The Morgan fingerprint density at radius 2 is 1.85 bits per heavy atom. The smallest absolute Gasteiger partial charge is 0.410 e. The molecule has 2 aromatic heterocycles. The Bertz CT molecular complexity index is 1260. The standard InChI is InChI=1S/C23H27BN6O3/c1-23(2,3)33-22(31)30-10-14-8-29(9-15(14)11-30)21-27-18(19-20(28-21)26-12-25-19)13-5-6-17(32-4)16(24)7-13/h5-7,12H,8-11,24H2,1-4H3,(H,25,26,27,28). The molecule has 0 spiro atoms. The van der Waals surface area contributed by atoms with E-state index in [1.54, 1.807) is 18.3 Å². The molecule has 5 rings (SSSR count). The summed E-state index contributed by atoms with van der Waals surface area (Å²) in [5.74, 6) is 1.48. The number of hydrogen-bond acceptors (Lipinski definition) is 7. The van der Waals surface area contributed by atoms with Gasteiger partial charge in [0.15, 0.2) is 5.65 Å². The highest BCUT2D eigenvalue weighted by molar-refractivity contribution is 6.34. The number of carbonyl (C=O) groups is 1. The van der Waals surface area contributed by atoms with Crippen LogP contribution in [-0.2, 0) is 4.74 Å². The highest BCUT2D eigenvalue weighted by atomic mass is 16.6. The van der Waals surface area contributed by atoms with Crippen LogP contribution in [0.1, 0.15) is 20.8 Å². The minimum atomic E-state index is -0.500. The van der Waals surface area contributed by atoms with E-state index in [9.17, 15) is 4.79 Å². The third-order valence-corrected chi connectivity index (χ3v) is 5.90. The zero-order valence-electron chi connectivity index (χ0n) is 19.6. The lowest BCUT2D eigenvalue weighted by Crippen LogP contribution is -2.38. The Morgan fingerprint density at radius 1 is 1.12 bits per heavy atom. The Labute approximate surface area is 193 Å². The molecular formula is C23H27BN6O3. The summed E-state index contributed by atoms with van der Waals surface area (Å²) in [4.78, 5) is 33.6. The maximum absolute atomic E-state index is 12.5. The minimum absolute atomic E-state index is 0.268. The van der Waals surface area contributed by atoms with Crippen molar-refractivity contribution in [2.75, 3.05) is 38.2 Å². The van der Waals surface area contributed by atoms with Crippen LogP contribution in [0.15, 0.2) is 35.7 Å². The first-order valence-electron chi connectivity index (χ1n) is 11.0. The molecule has 0 unspecified atom stereocenters. The molecule has 0 atom stereocenters. The van der Waals surface area contributed by atoms with Gasteiger partial charge >= 0.3 is 6.09 Å². The van der Waals surface area contributed by atoms with Crippen molar-refractivity contribution in [3.63, 3.8) is 0 Å². The molecule has 0 fully saturated rings. The number of imidazole rings is 1. The summed E-state index contributed by atoms with van der Waals surface area (Å²) >= 11 is 0. The van der Waals surface area contributed by atoms with Gasteiger partial charge in [0, 0.05) is 31.7 Å². The number of nitrogens with zero attached hydrogens (tertiary/aromatic N) is 5. The van der Waals surface area contributed by atoms with Gasteiger partial charge in [-0.2, -0.15) is 4.98 Å². The quantitative estimate of drug-likeness (QED) is 0.483. The predicted molar refractivity (Wildman–Crippen MR) is 129 cm³/mol. The second-order valence-corrected chi connectivity index (χ2v) is 9.56. The van der Waals surface area contributed by atoms with Gasteiger partial charge in [-0.05, 0) is 49.5 Å². The van der Waals surface area contributed by atoms with E-state index in [1.807, 2.05) is 40.8 Å². The van der Waals surface area contributed by atoms with Crippen LogP contribution in [0.5, 0.6) is 5.75 Å². The summed E-state index contributed by atoms with van der Waals surface area (Å²) in [7, 11) is 3.68. The molecule has 0 saturated heterocycles. The SMILES string of the molecule is Bc1cc(-c2nc(N3CC4=C(CN(C(=O)OC(C)(C)C)C4)C3)nc3[nH]cnc23)ccc1OC. The predicted octanol–water partition coefficient (Wildman–Crippen LogP) is 1.65. The van der Waals surface area contributed by atoms with Gasteiger partial charge in [-0.15, -0.1) is 0 Å². The van der Waals surface area contributed by atoms with E-state index in [-0.39, 0.29) is 6.09 Å². The molecular weight excluding hydrogens is 419 g/mol. The molecule has 1 N–H and O–H groups in total. The second kappa shape index (κ2) is 7.79. The first kappa shape index (κ1) is 21.3. The maximum Gasteiger partial charge on any atom is 0.410 e. The van der Waals surface area contributed by atoms with E-state index in [1.165, 1.54) is 11.1 Å². The van der Waals surface area contributed by atoms with E-state index in [0.29, 0.717) is 37.8 Å². The van der Waals surface area contributed by atoms with Crippen LogP contribution < -0.4 is 15.1 Å². The number of hydrogen-bond donors (Lipinski definition) is 1. The fraction of sp³-hybridized carbons (Fsp3) is 0.391. The molecule has 3 aromatic rings. The molecule has 0 aliphatic carbocycles. The van der Waals surface area contributed by atoms with E-state index < -0.39 is 5.60 Å². The van der Waals surface area contributed by atoms with Gasteiger partial charge < -0.3 is 24.3 Å². The molecule has 170 valence electrons. The Morgan fingerprint density at radius 3 is 2.48 bits per heavy atom. The number of H-pyrrole nitrogens is 1. The molecule has 1 amide bonds. The summed E-state index contributed by atoms with van der Waals surface area (Å²) in [5, 5.41) is 0. The summed E-state index contributed by atoms with van der Waals surface area (Å²) in [6.07, 6.45) is 1.37. The molecule has 4 heterocycles. The van der Waals surface area contributed by atoms with Gasteiger partial charge in [-0.25, -0.2) is 14.8 Å². The van der Waals surface area contributed by atoms with E-state index in [0.717, 1.165) is 28.0 Å². The lowest BCUT2D eigenvalue weighted by molar-refractivity contribution is 0.0297. The summed E-state index contributed by atoms with van der Waals surface area (Å²) in [6.45, 7) is 8.19. The number of methoxy groups -OCH3 is 1. The molecule has 33 heavy (non-hydrogen) atoms. The molecule has 2 aliphatic heterocycles. The second-order valence-electron chi connectivity index (χ2n) is 9.56. The van der Waals surface area contributed by atoms with Crippen molar-refractivity contribution < 1.29 is 14.3 Å². The van der Waals surface area contributed by atoms with E-state index >= 15 is 0 Å². The molecule has 1 aromatic carbocycles. The Hall–Kier alpha value is -3.56. The summed E-state index contributed by atoms with van der Waals surface area (Å²) in [5.41, 5.74) is 6.17. The Kier molecular flexibility index (Phi) is 5.03. The summed E-state index contributed by atoms with van der Waals surface area (Å²) in [6, 6.07) is 6.00. The van der Waals surface area contributed by atoms with Crippen molar-refractivity contribution in [2.45, 2.75) is 26.4 Å². The van der Waals surface area contributed by atoms with E-state index in [4.69, 9.17) is 19.4 Å². The monoisotopic (exact) mass is 446 g/mol. The highest BCUT2D eigenvalue weighted by Crippen LogP contribution is 2.32. The zero-order chi connectivity index (χ0) is 23.3. The van der Waals surface area contributed by atoms with Crippen molar-refractivity contribution in [1.29, 1.82) is 0 Å². The average molecular weight is 446 g/mol. The molecule has 0 saturated carbocycles. The van der Waals surface area contributed by atoms with Crippen LogP contribution in [0.4, 0.5) is 10.7 Å². The minimum Gasteiger partial charge on any atom is -0.497 e. The number of anilines is 1. The Balaban J connectivity index is 1.38. The van der Waals surface area contributed by atoms with Crippen LogP contribution in [-0.4, -0.2) is 77.7 Å².